The molecule has 2 aromatic heterocycles. The Morgan fingerprint density at radius 1 is 1.26 bits per heavy atom. The highest BCUT2D eigenvalue weighted by Crippen LogP contribution is 2.27. The van der Waals surface area contributed by atoms with Gasteiger partial charge < -0.3 is 10.1 Å². The lowest BCUT2D eigenvalue weighted by Crippen LogP contribution is -2.43. The molecule has 7 heteroatoms. The third kappa shape index (κ3) is 4.13. The lowest BCUT2D eigenvalue weighted by molar-refractivity contribution is -0.124. The summed E-state index contributed by atoms with van der Waals surface area (Å²) < 4.78 is 8.41. The number of ether oxygens (including phenoxy) is 1. The van der Waals surface area contributed by atoms with Crippen molar-refractivity contribution in [3.63, 3.8) is 0 Å². The van der Waals surface area contributed by atoms with Crippen LogP contribution in [0.5, 0.6) is 5.88 Å². The Balaban J connectivity index is 1.73. The first-order chi connectivity index (χ1) is 12.7. The standard InChI is InChI=1S/C20H23BrN4O2/c1-12-10-13(2)22-18-17(12)19(24-25(18)5)27-11-16(26)23-20(3,4)14-6-8-15(21)9-7-14/h6-10H,11H2,1-5H3,(H,23,26). The second kappa shape index (κ2) is 7.31. The predicted molar refractivity (Wildman–Crippen MR) is 109 cm³/mol. The van der Waals surface area contributed by atoms with Crippen LogP contribution in [-0.4, -0.2) is 27.3 Å². The molecule has 142 valence electrons. The molecule has 0 aliphatic rings. The number of nitrogens with one attached hydrogen (secondary N) is 1. The number of hydrogen-bond acceptors (Lipinski definition) is 4. The highest BCUT2D eigenvalue weighted by atomic mass is 79.9. The van der Waals surface area contributed by atoms with Gasteiger partial charge in [0.2, 0.25) is 5.88 Å². The zero-order valence-electron chi connectivity index (χ0n) is 16.1. The summed E-state index contributed by atoms with van der Waals surface area (Å²) in [7, 11) is 1.82. The molecule has 0 unspecified atom stereocenters. The summed E-state index contributed by atoms with van der Waals surface area (Å²) in [6, 6.07) is 9.85. The van der Waals surface area contributed by atoms with Crippen molar-refractivity contribution in [1.82, 2.24) is 20.1 Å². The number of nitrogens with zero attached hydrogens (tertiary/aromatic N) is 3. The smallest absolute Gasteiger partial charge is 0.258 e. The van der Waals surface area contributed by atoms with Crippen LogP contribution in [0.1, 0.15) is 30.7 Å². The lowest BCUT2D eigenvalue weighted by atomic mass is 9.94. The normalized spacial score (nSPS) is 11.6. The van der Waals surface area contributed by atoms with Gasteiger partial charge in [-0.25, -0.2) is 9.67 Å². The number of hydrogen-bond donors (Lipinski definition) is 1. The number of aromatic nitrogens is 3. The van der Waals surface area contributed by atoms with Crippen molar-refractivity contribution in [3.05, 3.63) is 51.6 Å². The number of benzene rings is 1. The van der Waals surface area contributed by atoms with Gasteiger partial charge in [-0.1, -0.05) is 28.1 Å². The molecule has 0 fully saturated rings. The fourth-order valence-electron chi connectivity index (χ4n) is 3.11. The van der Waals surface area contributed by atoms with E-state index in [-0.39, 0.29) is 12.5 Å². The van der Waals surface area contributed by atoms with Gasteiger partial charge in [0.25, 0.3) is 5.91 Å². The van der Waals surface area contributed by atoms with E-state index in [0.29, 0.717) is 5.88 Å². The van der Waals surface area contributed by atoms with Crippen molar-refractivity contribution in [2.75, 3.05) is 6.61 Å². The van der Waals surface area contributed by atoms with E-state index in [4.69, 9.17) is 4.74 Å². The maximum atomic E-state index is 12.5. The summed E-state index contributed by atoms with van der Waals surface area (Å²) in [4.78, 5) is 17.0. The van der Waals surface area contributed by atoms with E-state index in [1.54, 1.807) is 4.68 Å². The molecule has 1 N–H and O–H groups in total. The Hall–Kier alpha value is -2.41. The highest BCUT2D eigenvalue weighted by Gasteiger charge is 2.23. The highest BCUT2D eigenvalue weighted by molar-refractivity contribution is 9.10. The van der Waals surface area contributed by atoms with Crippen molar-refractivity contribution >= 4 is 32.9 Å². The summed E-state index contributed by atoms with van der Waals surface area (Å²) in [6.45, 7) is 7.74. The van der Waals surface area contributed by atoms with E-state index in [1.165, 1.54) is 0 Å². The minimum Gasteiger partial charge on any atom is -0.466 e. The molecule has 0 bridgehead atoms. The molecule has 0 aliphatic carbocycles. The van der Waals surface area contributed by atoms with Gasteiger partial charge in [0.1, 0.15) is 0 Å². The van der Waals surface area contributed by atoms with E-state index in [1.807, 2.05) is 65.1 Å². The molecule has 2 heterocycles. The minimum absolute atomic E-state index is 0.112. The average molecular weight is 431 g/mol. The SMILES string of the molecule is Cc1cc(C)c2c(OCC(=O)NC(C)(C)c3ccc(Br)cc3)nn(C)c2n1. The number of carbonyl (C=O) groups is 1. The molecule has 1 amide bonds. The molecule has 0 saturated heterocycles. The molecule has 27 heavy (non-hydrogen) atoms. The van der Waals surface area contributed by atoms with Crippen LogP contribution in [0.2, 0.25) is 0 Å². The number of amides is 1. The Bertz CT molecular complexity index is 993. The van der Waals surface area contributed by atoms with Crippen molar-refractivity contribution in [1.29, 1.82) is 0 Å². The van der Waals surface area contributed by atoms with Gasteiger partial charge in [0, 0.05) is 17.2 Å². The van der Waals surface area contributed by atoms with Gasteiger partial charge in [0.15, 0.2) is 12.3 Å². The van der Waals surface area contributed by atoms with Crippen LogP contribution >= 0.6 is 15.9 Å². The predicted octanol–water partition coefficient (Wildman–Crippen LogP) is 3.78. The van der Waals surface area contributed by atoms with Crippen molar-refractivity contribution in [3.8, 4) is 5.88 Å². The Morgan fingerprint density at radius 2 is 1.93 bits per heavy atom. The number of halogens is 1. The summed E-state index contributed by atoms with van der Waals surface area (Å²) in [5.74, 6) is 0.216. The molecule has 6 nitrogen and oxygen atoms in total. The summed E-state index contributed by atoms with van der Waals surface area (Å²) in [6.07, 6.45) is 0. The van der Waals surface area contributed by atoms with Gasteiger partial charge in [-0.2, -0.15) is 0 Å². The van der Waals surface area contributed by atoms with Crippen molar-refractivity contribution in [2.45, 2.75) is 33.2 Å². The van der Waals surface area contributed by atoms with Gasteiger partial charge in [-0.05, 0) is 57.0 Å². The molecule has 3 aromatic rings. The van der Waals surface area contributed by atoms with Gasteiger partial charge in [-0.3, -0.25) is 4.79 Å². The van der Waals surface area contributed by atoms with Crippen LogP contribution in [0.4, 0.5) is 0 Å². The third-order valence-electron chi connectivity index (χ3n) is 4.44. The van der Waals surface area contributed by atoms with Crippen molar-refractivity contribution in [2.24, 2.45) is 7.05 Å². The molecule has 0 radical (unpaired) electrons. The largest absolute Gasteiger partial charge is 0.466 e. The molecule has 0 atom stereocenters. The monoisotopic (exact) mass is 430 g/mol. The van der Waals surface area contributed by atoms with Gasteiger partial charge in [0.05, 0.1) is 10.9 Å². The summed E-state index contributed by atoms with van der Waals surface area (Å²) in [5, 5.41) is 8.22. The lowest BCUT2D eigenvalue weighted by Gasteiger charge is -2.27. The van der Waals surface area contributed by atoms with E-state index in [0.717, 1.165) is 32.3 Å². The topological polar surface area (TPSA) is 69.0 Å². The maximum Gasteiger partial charge on any atom is 0.258 e. The molecule has 0 spiro atoms. The summed E-state index contributed by atoms with van der Waals surface area (Å²) in [5.41, 5.74) is 3.19. The van der Waals surface area contributed by atoms with Crippen LogP contribution in [-0.2, 0) is 17.4 Å². The Kier molecular flexibility index (Phi) is 5.24. The first-order valence-corrected chi connectivity index (χ1v) is 9.47. The van der Waals surface area contributed by atoms with Crippen LogP contribution in [0, 0.1) is 13.8 Å². The fourth-order valence-corrected chi connectivity index (χ4v) is 3.37. The third-order valence-corrected chi connectivity index (χ3v) is 4.97. The zero-order chi connectivity index (χ0) is 19.8. The van der Waals surface area contributed by atoms with Gasteiger partial charge in [-0.15, -0.1) is 5.10 Å². The van der Waals surface area contributed by atoms with E-state index in [2.05, 4.69) is 31.3 Å². The van der Waals surface area contributed by atoms with Crippen LogP contribution in [0.15, 0.2) is 34.8 Å². The number of fused-ring (bicyclic) bond motifs is 1. The second-order valence-electron chi connectivity index (χ2n) is 7.18. The Labute approximate surface area is 167 Å². The first kappa shape index (κ1) is 19.4. The number of aryl methyl sites for hydroxylation is 3. The Morgan fingerprint density at radius 3 is 2.59 bits per heavy atom. The molecular weight excluding hydrogens is 408 g/mol. The molecule has 0 saturated carbocycles. The van der Waals surface area contributed by atoms with E-state index >= 15 is 0 Å². The van der Waals surface area contributed by atoms with Crippen LogP contribution in [0.3, 0.4) is 0 Å². The van der Waals surface area contributed by atoms with Crippen molar-refractivity contribution < 1.29 is 9.53 Å². The van der Waals surface area contributed by atoms with E-state index < -0.39 is 5.54 Å². The number of pyridine rings is 1. The van der Waals surface area contributed by atoms with Gasteiger partial charge >= 0.3 is 0 Å². The van der Waals surface area contributed by atoms with E-state index in [9.17, 15) is 4.79 Å². The average Bonchev–Trinajstić information content (AvgIpc) is 2.89. The first-order valence-electron chi connectivity index (χ1n) is 8.68. The van der Waals surface area contributed by atoms with Crippen LogP contribution < -0.4 is 10.1 Å². The van der Waals surface area contributed by atoms with Crippen LogP contribution in [0.25, 0.3) is 11.0 Å². The minimum atomic E-state index is -0.512. The molecule has 0 aliphatic heterocycles. The second-order valence-corrected chi connectivity index (χ2v) is 8.09. The number of rotatable bonds is 5. The maximum absolute atomic E-state index is 12.5. The molecule has 3 rings (SSSR count). The summed E-state index contributed by atoms with van der Waals surface area (Å²) >= 11 is 3.42. The fraction of sp³-hybridized carbons (Fsp3) is 0.350. The molecule has 1 aromatic carbocycles. The number of carbonyl (C=O) groups excluding carboxylic acids is 1. The quantitative estimate of drug-likeness (QED) is 0.668. The zero-order valence-corrected chi connectivity index (χ0v) is 17.7. The molecular formula is C20H23BrN4O2.